The summed E-state index contributed by atoms with van der Waals surface area (Å²) in [6, 6.07) is 26.5. The van der Waals surface area contributed by atoms with Crippen molar-refractivity contribution >= 4 is 34.4 Å². The Morgan fingerprint density at radius 3 is 2.44 bits per heavy atom. The lowest BCUT2D eigenvalue weighted by atomic mass is 9.76. The van der Waals surface area contributed by atoms with Gasteiger partial charge in [-0.3, -0.25) is 14.6 Å². The number of fused-ring (bicyclic) bond motifs is 1. The van der Waals surface area contributed by atoms with Gasteiger partial charge in [-0.1, -0.05) is 54.1 Å². The molecule has 0 bridgehead atoms. The number of allylic oxidation sites excluding steroid dienone is 1. The van der Waals surface area contributed by atoms with Crippen LogP contribution in [0.15, 0.2) is 96.6 Å². The molecule has 2 atom stereocenters. The molecule has 1 amide bonds. The van der Waals surface area contributed by atoms with Crippen LogP contribution < -0.4 is 10.1 Å². The highest BCUT2D eigenvalue weighted by atomic mass is 16.5. The van der Waals surface area contributed by atoms with Crippen LogP contribution in [0.4, 0.5) is 5.69 Å². The Hall–Kier alpha value is -4.98. The summed E-state index contributed by atoms with van der Waals surface area (Å²) in [5, 5.41) is 4.00. The molecule has 1 saturated carbocycles. The van der Waals surface area contributed by atoms with Gasteiger partial charge >= 0.3 is 11.9 Å². The number of para-hydroxylation sites is 1. The maximum atomic E-state index is 13.4. The van der Waals surface area contributed by atoms with E-state index in [-0.39, 0.29) is 18.9 Å². The van der Waals surface area contributed by atoms with Crippen molar-refractivity contribution in [1.29, 1.82) is 0 Å². The highest BCUT2D eigenvalue weighted by molar-refractivity contribution is 5.96. The Morgan fingerprint density at radius 2 is 1.67 bits per heavy atom. The van der Waals surface area contributed by atoms with Crippen LogP contribution >= 0.6 is 0 Å². The predicted molar refractivity (Wildman–Crippen MR) is 163 cm³/mol. The third kappa shape index (κ3) is 7.65. The van der Waals surface area contributed by atoms with E-state index >= 15 is 0 Å². The van der Waals surface area contributed by atoms with Crippen LogP contribution in [-0.4, -0.2) is 29.9 Å². The van der Waals surface area contributed by atoms with Gasteiger partial charge in [-0.2, -0.15) is 0 Å². The number of hydrogen-bond acceptors (Lipinski definition) is 7. The van der Waals surface area contributed by atoms with Crippen LogP contribution in [0.5, 0.6) is 5.75 Å². The van der Waals surface area contributed by atoms with Crippen LogP contribution in [0, 0.1) is 18.8 Å². The number of esters is 2. The zero-order valence-corrected chi connectivity index (χ0v) is 24.2. The van der Waals surface area contributed by atoms with Crippen LogP contribution in [0.3, 0.4) is 0 Å². The number of pyridine rings is 1. The lowest BCUT2D eigenvalue weighted by Gasteiger charge is -2.30. The molecule has 1 aromatic heterocycles. The van der Waals surface area contributed by atoms with Gasteiger partial charge in [-0.25, -0.2) is 4.79 Å². The third-order valence-corrected chi connectivity index (χ3v) is 7.58. The van der Waals surface area contributed by atoms with E-state index in [4.69, 9.17) is 14.2 Å². The number of benzene rings is 3. The number of nitrogens with zero attached hydrogens (tertiary/aromatic N) is 1. The SMILES string of the molecule is COC(=O)C=C1CCC(C(=O)Nc2ccc(OCc3cc(C)nc4ccccc34)cc2)C(C(=O)OCc2ccccc2)C1. The van der Waals surface area contributed by atoms with Crippen molar-refractivity contribution in [2.24, 2.45) is 11.8 Å². The number of ether oxygens (including phenoxy) is 3. The van der Waals surface area contributed by atoms with Crippen molar-refractivity contribution in [3.63, 3.8) is 0 Å². The van der Waals surface area contributed by atoms with E-state index < -0.39 is 23.8 Å². The summed E-state index contributed by atoms with van der Waals surface area (Å²) in [7, 11) is 1.31. The second-order valence-corrected chi connectivity index (χ2v) is 10.6. The monoisotopic (exact) mass is 578 g/mol. The number of rotatable bonds is 9. The van der Waals surface area contributed by atoms with Crippen molar-refractivity contribution < 1.29 is 28.6 Å². The molecule has 3 aromatic carbocycles. The van der Waals surface area contributed by atoms with Crippen molar-refractivity contribution in [3.05, 3.63) is 113 Å². The Balaban J connectivity index is 1.24. The van der Waals surface area contributed by atoms with E-state index in [0.717, 1.165) is 33.3 Å². The first-order valence-corrected chi connectivity index (χ1v) is 14.3. The Labute approximate surface area is 250 Å². The zero-order chi connectivity index (χ0) is 30.2. The minimum atomic E-state index is -0.727. The Kier molecular flexibility index (Phi) is 9.46. The third-order valence-electron chi connectivity index (χ3n) is 7.58. The summed E-state index contributed by atoms with van der Waals surface area (Å²) in [5.41, 5.74) is 5.10. The van der Waals surface area contributed by atoms with Gasteiger partial charge in [0.05, 0.1) is 24.5 Å². The molecular formula is C35H34N2O6. The van der Waals surface area contributed by atoms with Gasteiger partial charge in [0.15, 0.2) is 0 Å². The van der Waals surface area contributed by atoms with Crippen LogP contribution in [0.25, 0.3) is 10.9 Å². The summed E-state index contributed by atoms with van der Waals surface area (Å²) in [6.07, 6.45) is 2.56. The molecule has 8 nitrogen and oxygen atoms in total. The molecule has 0 spiro atoms. The van der Waals surface area contributed by atoms with Gasteiger partial charge in [-0.05, 0) is 68.1 Å². The molecule has 5 rings (SSSR count). The summed E-state index contributed by atoms with van der Waals surface area (Å²) < 4.78 is 16.4. The first-order chi connectivity index (χ1) is 20.9. The minimum absolute atomic E-state index is 0.108. The van der Waals surface area contributed by atoms with Crippen LogP contribution in [0.1, 0.15) is 36.1 Å². The first-order valence-electron chi connectivity index (χ1n) is 14.3. The first kappa shape index (κ1) is 29.5. The zero-order valence-electron chi connectivity index (χ0n) is 24.2. The van der Waals surface area contributed by atoms with Crippen molar-refractivity contribution in [3.8, 4) is 5.75 Å². The highest BCUT2D eigenvalue weighted by Crippen LogP contribution is 2.36. The molecule has 1 heterocycles. The van der Waals surface area contributed by atoms with Gasteiger partial charge in [0, 0.05) is 28.4 Å². The summed E-state index contributed by atoms with van der Waals surface area (Å²) in [4.78, 5) is 43.1. The molecule has 0 radical (unpaired) electrons. The van der Waals surface area contributed by atoms with E-state index in [0.29, 0.717) is 30.9 Å². The van der Waals surface area contributed by atoms with Gasteiger partial charge in [0.25, 0.3) is 0 Å². The smallest absolute Gasteiger partial charge is 0.330 e. The van der Waals surface area contributed by atoms with Crippen molar-refractivity contribution in [2.75, 3.05) is 12.4 Å². The molecule has 1 aliphatic rings. The van der Waals surface area contributed by atoms with Crippen LogP contribution in [0.2, 0.25) is 0 Å². The van der Waals surface area contributed by atoms with E-state index in [9.17, 15) is 14.4 Å². The van der Waals surface area contributed by atoms with Crippen LogP contribution in [-0.2, 0) is 37.1 Å². The number of amides is 1. The van der Waals surface area contributed by atoms with E-state index in [1.165, 1.54) is 13.2 Å². The number of carbonyl (C=O) groups is 3. The second kappa shape index (κ2) is 13.8. The number of methoxy groups -OCH3 is 1. The lowest BCUT2D eigenvalue weighted by Crippen LogP contribution is -2.37. The minimum Gasteiger partial charge on any atom is -0.489 e. The maximum Gasteiger partial charge on any atom is 0.330 e. The quantitative estimate of drug-likeness (QED) is 0.183. The molecule has 1 fully saturated rings. The summed E-state index contributed by atoms with van der Waals surface area (Å²) >= 11 is 0. The van der Waals surface area contributed by atoms with Gasteiger partial charge in [-0.15, -0.1) is 0 Å². The average molecular weight is 579 g/mol. The number of carbonyl (C=O) groups excluding carboxylic acids is 3. The number of aromatic nitrogens is 1. The molecule has 1 N–H and O–H groups in total. The fourth-order valence-electron chi connectivity index (χ4n) is 5.37. The molecule has 0 aliphatic heterocycles. The maximum absolute atomic E-state index is 13.4. The number of hydrogen-bond donors (Lipinski definition) is 1. The van der Waals surface area contributed by atoms with E-state index in [1.54, 1.807) is 24.3 Å². The standard InChI is InChI=1S/C35H34N2O6/c1-23-18-26(29-10-6-7-11-32(29)36-23)22-42-28-15-13-27(14-16-28)37-34(39)30-17-12-25(20-33(38)41-2)19-31(30)35(40)43-21-24-8-4-3-5-9-24/h3-11,13-16,18,20,30-31H,12,17,19,21-22H2,1-2H3,(H,37,39). The molecular weight excluding hydrogens is 544 g/mol. The summed E-state index contributed by atoms with van der Waals surface area (Å²) in [5.74, 6) is -1.90. The van der Waals surface area contributed by atoms with Gasteiger partial charge in [0.1, 0.15) is 19.0 Å². The molecule has 1 aliphatic carbocycles. The fraction of sp³-hybridized carbons (Fsp3) is 0.257. The predicted octanol–water partition coefficient (Wildman–Crippen LogP) is 6.32. The molecule has 2 unspecified atom stereocenters. The fourth-order valence-corrected chi connectivity index (χ4v) is 5.37. The molecule has 220 valence electrons. The number of nitrogens with one attached hydrogen (secondary N) is 1. The van der Waals surface area contributed by atoms with Gasteiger partial charge < -0.3 is 19.5 Å². The van der Waals surface area contributed by atoms with E-state index in [2.05, 4.69) is 10.3 Å². The topological polar surface area (TPSA) is 104 Å². The Bertz CT molecular complexity index is 1630. The molecule has 4 aromatic rings. The highest BCUT2D eigenvalue weighted by Gasteiger charge is 2.38. The van der Waals surface area contributed by atoms with Crippen molar-refractivity contribution in [2.45, 2.75) is 39.4 Å². The molecule has 8 heteroatoms. The average Bonchev–Trinajstić information content (AvgIpc) is 3.03. The van der Waals surface area contributed by atoms with E-state index in [1.807, 2.05) is 67.6 Å². The normalized spacial score (nSPS) is 17.3. The molecule has 0 saturated heterocycles. The largest absolute Gasteiger partial charge is 0.489 e. The summed E-state index contributed by atoms with van der Waals surface area (Å²) in [6.45, 7) is 2.45. The molecule has 43 heavy (non-hydrogen) atoms. The number of aryl methyl sites for hydroxylation is 1. The number of anilines is 1. The van der Waals surface area contributed by atoms with Gasteiger partial charge in [0.2, 0.25) is 5.91 Å². The Morgan fingerprint density at radius 1 is 0.930 bits per heavy atom. The van der Waals surface area contributed by atoms with Crippen molar-refractivity contribution in [1.82, 2.24) is 4.98 Å². The second-order valence-electron chi connectivity index (χ2n) is 10.6. The lowest BCUT2D eigenvalue weighted by molar-refractivity contribution is -0.154.